The maximum absolute atomic E-state index is 15.2. The monoisotopic (exact) mass is 452 g/mol. The Hall–Kier alpha value is -2.53. The van der Waals surface area contributed by atoms with E-state index in [1.54, 1.807) is 11.8 Å². The molecule has 2 amide bonds. The summed E-state index contributed by atoms with van der Waals surface area (Å²) >= 11 is 0. The van der Waals surface area contributed by atoms with Gasteiger partial charge in [0.1, 0.15) is 5.82 Å². The van der Waals surface area contributed by atoms with E-state index >= 15 is 4.39 Å². The van der Waals surface area contributed by atoms with Crippen LogP contribution < -0.4 is 15.8 Å². The van der Waals surface area contributed by atoms with Gasteiger partial charge < -0.3 is 10.0 Å². The van der Waals surface area contributed by atoms with E-state index in [0.29, 0.717) is 29.8 Å². The number of aliphatic hydroxyl groups is 1. The highest BCUT2D eigenvalue weighted by molar-refractivity contribution is 5.80. The first kappa shape index (κ1) is 24.1. The number of hydrogen-bond acceptors (Lipinski definition) is 8. The zero-order chi connectivity index (χ0) is 23.1. The second-order valence-corrected chi connectivity index (χ2v) is 8.71. The van der Waals surface area contributed by atoms with E-state index in [4.69, 9.17) is 0 Å². The first-order chi connectivity index (χ1) is 15.4. The molecule has 2 heterocycles. The summed E-state index contributed by atoms with van der Waals surface area (Å²) in [5, 5.41) is 19.7. The fourth-order valence-corrected chi connectivity index (χ4v) is 4.69. The molecule has 0 unspecified atom stereocenters. The van der Waals surface area contributed by atoms with Crippen molar-refractivity contribution in [3.63, 3.8) is 0 Å². The van der Waals surface area contributed by atoms with Crippen LogP contribution in [0.5, 0.6) is 0 Å². The fraction of sp³-hybridized carbons (Fsp3) is 0.714. The smallest absolute Gasteiger partial charge is 0.243 e. The van der Waals surface area contributed by atoms with E-state index in [1.165, 1.54) is 0 Å². The van der Waals surface area contributed by atoms with Crippen molar-refractivity contribution in [3.05, 3.63) is 11.6 Å². The molecule has 0 bridgehead atoms. The average molecular weight is 453 g/mol. The van der Waals surface area contributed by atoms with Crippen LogP contribution in [-0.2, 0) is 9.59 Å². The van der Waals surface area contributed by atoms with Crippen LogP contribution in [0, 0.1) is 24.6 Å². The number of amides is 2. The van der Waals surface area contributed by atoms with Gasteiger partial charge in [-0.3, -0.25) is 25.6 Å². The van der Waals surface area contributed by atoms with E-state index < -0.39 is 17.6 Å². The lowest BCUT2D eigenvalue weighted by atomic mass is 9.92. The molecule has 1 saturated carbocycles. The van der Waals surface area contributed by atoms with Gasteiger partial charge >= 0.3 is 0 Å². The number of anilines is 2. The van der Waals surface area contributed by atoms with Gasteiger partial charge in [0, 0.05) is 6.54 Å². The Kier molecular flexibility index (Phi) is 8.57. The molecule has 10 nitrogen and oxygen atoms in total. The largest absolute Gasteiger partial charge is 0.394 e. The molecule has 1 aliphatic heterocycles. The lowest BCUT2D eigenvalue weighted by Gasteiger charge is -2.35. The highest BCUT2D eigenvalue weighted by Crippen LogP contribution is 2.31. The maximum Gasteiger partial charge on any atom is 0.243 e. The van der Waals surface area contributed by atoms with Gasteiger partial charge in [0.2, 0.25) is 18.1 Å². The lowest BCUT2D eigenvalue weighted by molar-refractivity contribution is -0.154. The SMILES string of the molecule is Cc1nc(NNC(=O)[C@@H](CC2CCCC2)CN(O)C=O)c(F)c(N2CCCC[C@H]2CO)n1. The number of halogens is 1. The number of hydrogen-bond donors (Lipinski definition) is 4. The quantitative estimate of drug-likeness (QED) is 0.240. The van der Waals surface area contributed by atoms with E-state index in [1.807, 2.05) is 0 Å². The number of nitrogens with zero attached hydrogens (tertiary/aromatic N) is 4. The summed E-state index contributed by atoms with van der Waals surface area (Å²) in [6, 6.07) is -0.218. The highest BCUT2D eigenvalue weighted by Gasteiger charge is 2.29. The molecule has 0 spiro atoms. The Morgan fingerprint density at radius 2 is 2.00 bits per heavy atom. The van der Waals surface area contributed by atoms with Crippen LogP contribution >= 0.6 is 0 Å². The zero-order valence-electron chi connectivity index (χ0n) is 18.5. The summed E-state index contributed by atoms with van der Waals surface area (Å²) in [4.78, 5) is 33.7. The molecule has 178 valence electrons. The first-order valence-electron chi connectivity index (χ1n) is 11.3. The second-order valence-electron chi connectivity index (χ2n) is 8.71. The first-order valence-corrected chi connectivity index (χ1v) is 11.3. The zero-order valence-corrected chi connectivity index (χ0v) is 18.5. The van der Waals surface area contributed by atoms with Crippen LogP contribution in [0.2, 0.25) is 0 Å². The van der Waals surface area contributed by atoms with E-state index in [-0.39, 0.29) is 37.2 Å². The maximum atomic E-state index is 15.2. The molecule has 11 heteroatoms. The van der Waals surface area contributed by atoms with Crippen LogP contribution in [0.1, 0.15) is 57.2 Å². The van der Waals surface area contributed by atoms with Gasteiger partial charge in [0.15, 0.2) is 11.6 Å². The van der Waals surface area contributed by atoms with Crippen molar-refractivity contribution in [2.45, 2.75) is 64.3 Å². The Labute approximate surface area is 187 Å². The molecule has 2 atom stereocenters. The van der Waals surface area contributed by atoms with Crippen molar-refractivity contribution in [3.8, 4) is 0 Å². The molecule has 1 aliphatic carbocycles. The van der Waals surface area contributed by atoms with Crippen molar-refractivity contribution in [2.75, 3.05) is 30.0 Å². The molecule has 0 radical (unpaired) electrons. The van der Waals surface area contributed by atoms with Gasteiger partial charge in [-0.15, -0.1) is 0 Å². The number of hydroxylamine groups is 2. The van der Waals surface area contributed by atoms with Gasteiger partial charge in [-0.1, -0.05) is 25.7 Å². The van der Waals surface area contributed by atoms with Crippen LogP contribution in [-0.4, -0.2) is 63.4 Å². The number of hydrazine groups is 1. The van der Waals surface area contributed by atoms with Crippen LogP contribution in [0.25, 0.3) is 0 Å². The summed E-state index contributed by atoms with van der Waals surface area (Å²) in [7, 11) is 0. The molecule has 2 aliphatic rings. The van der Waals surface area contributed by atoms with Gasteiger partial charge in [-0.25, -0.2) is 15.0 Å². The van der Waals surface area contributed by atoms with Gasteiger partial charge in [-0.05, 0) is 38.5 Å². The topological polar surface area (TPSA) is 131 Å². The Morgan fingerprint density at radius 3 is 2.69 bits per heavy atom. The number of nitrogens with one attached hydrogen (secondary N) is 2. The van der Waals surface area contributed by atoms with E-state index in [9.17, 15) is 19.9 Å². The van der Waals surface area contributed by atoms with Crippen molar-refractivity contribution in [2.24, 2.45) is 11.8 Å². The number of piperidine rings is 1. The minimum absolute atomic E-state index is 0.0954. The third kappa shape index (κ3) is 6.04. The number of aromatic nitrogens is 2. The molecule has 32 heavy (non-hydrogen) atoms. The summed E-state index contributed by atoms with van der Waals surface area (Å²) in [5.41, 5.74) is 5.04. The van der Waals surface area contributed by atoms with Gasteiger partial charge in [0.25, 0.3) is 0 Å². The molecule has 1 aromatic rings. The minimum atomic E-state index is -0.708. The summed E-state index contributed by atoms with van der Waals surface area (Å²) in [6.45, 7) is 1.96. The predicted molar refractivity (Wildman–Crippen MR) is 115 cm³/mol. The molecule has 0 aromatic carbocycles. The number of aliphatic hydroxyl groups excluding tert-OH is 1. The molecular formula is C21H33FN6O4. The molecule has 2 fully saturated rings. The van der Waals surface area contributed by atoms with Gasteiger partial charge in [-0.2, -0.15) is 4.39 Å². The summed E-state index contributed by atoms with van der Waals surface area (Å²) in [5.74, 6) is -1.21. The number of carbonyl (C=O) groups is 2. The number of carbonyl (C=O) groups excluding carboxylic acids is 2. The van der Waals surface area contributed by atoms with Crippen LogP contribution in [0.4, 0.5) is 16.0 Å². The van der Waals surface area contributed by atoms with E-state index in [2.05, 4.69) is 20.8 Å². The van der Waals surface area contributed by atoms with E-state index in [0.717, 1.165) is 44.9 Å². The Morgan fingerprint density at radius 1 is 1.28 bits per heavy atom. The average Bonchev–Trinajstić information content (AvgIpc) is 3.31. The molecular weight excluding hydrogens is 419 g/mol. The van der Waals surface area contributed by atoms with Crippen molar-refractivity contribution >= 4 is 24.0 Å². The van der Waals surface area contributed by atoms with Gasteiger partial charge in [0.05, 0.1) is 25.1 Å². The molecule has 1 aromatic heterocycles. The van der Waals surface area contributed by atoms with Crippen LogP contribution in [0.15, 0.2) is 0 Å². The number of rotatable bonds is 10. The fourth-order valence-electron chi connectivity index (χ4n) is 4.69. The van der Waals surface area contributed by atoms with Crippen molar-refractivity contribution in [1.29, 1.82) is 0 Å². The summed E-state index contributed by atoms with van der Waals surface area (Å²) < 4.78 is 15.2. The third-order valence-electron chi connectivity index (χ3n) is 6.35. The van der Waals surface area contributed by atoms with Crippen molar-refractivity contribution < 1.29 is 24.3 Å². The highest BCUT2D eigenvalue weighted by atomic mass is 19.1. The molecule has 3 rings (SSSR count). The third-order valence-corrected chi connectivity index (χ3v) is 6.35. The Balaban J connectivity index is 1.71. The Bertz CT molecular complexity index is 792. The number of aryl methyl sites for hydroxylation is 1. The predicted octanol–water partition coefficient (Wildman–Crippen LogP) is 1.76. The summed E-state index contributed by atoms with van der Waals surface area (Å²) in [6.07, 6.45) is 7.59. The lowest BCUT2D eigenvalue weighted by Crippen LogP contribution is -2.43. The minimum Gasteiger partial charge on any atom is -0.394 e. The van der Waals surface area contributed by atoms with Crippen LogP contribution in [0.3, 0.4) is 0 Å². The molecule has 1 saturated heterocycles. The second kappa shape index (κ2) is 11.4. The molecule has 4 N–H and O–H groups in total. The normalized spacial score (nSPS) is 20.1. The van der Waals surface area contributed by atoms with Crippen molar-refractivity contribution in [1.82, 2.24) is 20.5 Å². The standard InChI is InChI=1S/C21H33FN6O4/c1-14-23-19(18(22)20(24-14)28-9-5-4-8-17(28)12-29)25-26-21(31)16(11-27(32)13-30)10-15-6-2-3-7-15/h13,15-17,29,32H,2-12H2,1H3,(H,26,31)(H,23,24,25)/t16-,17-/m0/s1.